The Balaban J connectivity index is 1.76. The number of rotatable bonds is 2. The Kier molecular flexibility index (Phi) is 4.17. The number of nitrogens with zero attached hydrogens (tertiary/aromatic N) is 1. The number of fused-ring (bicyclic) bond motifs is 1. The SMILES string of the molecule is C[C@@H]1CN(C2CCc3ccccc32)[C@@H](c2ccc(F)cc2)C(C)(C)N1. The molecule has 2 nitrogen and oxygen atoms in total. The van der Waals surface area contributed by atoms with Crippen LogP contribution in [0.5, 0.6) is 0 Å². The third-order valence-electron chi connectivity index (χ3n) is 5.81. The summed E-state index contributed by atoms with van der Waals surface area (Å²) in [6.07, 6.45) is 2.32. The highest BCUT2D eigenvalue weighted by atomic mass is 19.1. The molecule has 2 aromatic carbocycles. The maximum Gasteiger partial charge on any atom is 0.123 e. The van der Waals surface area contributed by atoms with Crippen molar-refractivity contribution in [3.8, 4) is 0 Å². The van der Waals surface area contributed by atoms with Gasteiger partial charge in [-0.3, -0.25) is 4.90 Å². The zero-order chi connectivity index (χ0) is 17.6. The Bertz CT molecular complexity index is 753. The molecule has 3 heteroatoms. The van der Waals surface area contributed by atoms with E-state index in [1.165, 1.54) is 23.1 Å². The van der Waals surface area contributed by atoms with Crippen LogP contribution >= 0.6 is 0 Å². The van der Waals surface area contributed by atoms with Gasteiger partial charge in [-0.25, -0.2) is 4.39 Å². The number of aryl methyl sites for hydroxylation is 1. The molecule has 1 aliphatic heterocycles. The van der Waals surface area contributed by atoms with Crippen LogP contribution in [0.2, 0.25) is 0 Å². The van der Waals surface area contributed by atoms with Gasteiger partial charge < -0.3 is 5.32 Å². The topological polar surface area (TPSA) is 15.3 Å². The van der Waals surface area contributed by atoms with Crippen LogP contribution in [0.4, 0.5) is 4.39 Å². The molecule has 1 unspecified atom stereocenters. The molecule has 0 aromatic heterocycles. The molecule has 1 fully saturated rings. The summed E-state index contributed by atoms with van der Waals surface area (Å²) in [4.78, 5) is 2.65. The molecule has 0 amide bonds. The molecule has 1 heterocycles. The van der Waals surface area contributed by atoms with Gasteiger partial charge in [-0.1, -0.05) is 36.4 Å². The van der Waals surface area contributed by atoms with E-state index in [9.17, 15) is 4.39 Å². The highest BCUT2D eigenvalue weighted by Crippen LogP contribution is 2.45. The lowest BCUT2D eigenvalue weighted by molar-refractivity contribution is 0.0151. The molecule has 1 aliphatic carbocycles. The number of benzene rings is 2. The molecule has 0 bridgehead atoms. The summed E-state index contributed by atoms with van der Waals surface area (Å²) < 4.78 is 13.5. The minimum Gasteiger partial charge on any atom is -0.306 e. The fourth-order valence-electron chi connectivity index (χ4n) is 5.04. The van der Waals surface area contributed by atoms with Crippen molar-refractivity contribution in [1.29, 1.82) is 0 Å². The first-order valence-electron chi connectivity index (χ1n) is 9.32. The van der Waals surface area contributed by atoms with E-state index in [2.05, 4.69) is 55.3 Å². The Hall–Kier alpha value is -1.71. The fraction of sp³-hybridized carbons (Fsp3) is 0.455. The highest BCUT2D eigenvalue weighted by molar-refractivity contribution is 5.36. The molecule has 0 saturated carbocycles. The lowest BCUT2D eigenvalue weighted by atomic mass is 9.82. The van der Waals surface area contributed by atoms with Crippen LogP contribution in [0.1, 0.15) is 56.0 Å². The van der Waals surface area contributed by atoms with Crippen LogP contribution in [0, 0.1) is 5.82 Å². The van der Waals surface area contributed by atoms with Gasteiger partial charge in [0.25, 0.3) is 0 Å². The van der Waals surface area contributed by atoms with Gasteiger partial charge in [0.2, 0.25) is 0 Å². The Morgan fingerprint density at radius 2 is 1.80 bits per heavy atom. The van der Waals surface area contributed by atoms with Crippen molar-refractivity contribution < 1.29 is 4.39 Å². The van der Waals surface area contributed by atoms with Gasteiger partial charge in [-0.05, 0) is 62.4 Å². The number of hydrogen-bond acceptors (Lipinski definition) is 2. The minimum absolute atomic E-state index is 0.0764. The molecule has 0 spiro atoms. The minimum atomic E-state index is -0.170. The zero-order valence-electron chi connectivity index (χ0n) is 15.3. The monoisotopic (exact) mass is 338 g/mol. The summed E-state index contributed by atoms with van der Waals surface area (Å²) >= 11 is 0. The summed E-state index contributed by atoms with van der Waals surface area (Å²) in [5.74, 6) is -0.170. The zero-order valence-corrected chi connectivity index (χ0v) is 15.3. The van der Waals surface area contributed by atoms with E-state index in [1.807, 2.05) is 12.1 Å². The largest absolute Gasteiger partial charge is 0.306 e. The van der Waals surface area contributed by atoms with Crippen molar-refractivity contribution in [2.24, 2.45) is 0 Å². The summed E-state index contributed by atoms with van der Waals surface area (Å²) in [7, 11) is 0. The van der Waals surface area contributed by atoms with Crippen molar-refractivity contribution in [3.63, 3.8) is 0 Å². The van der Waals surface area contributed by atoms with Crippen LogP contribution in [0.25, 0.3) is 0 Å². The van der Waals surface area contributed by atoms with Crippen LogP contribution in [0.3, 0.4) is 0 Å². The van der Waals surface area contributed by atoms with E-state index < -0.39 is 0 Å². The van der Waals surface area contributed by atoms with Crippen LogP contribution in [-0.4, -0.2) is 23.0 Å². The second-order valence-electron chi connectivity index (χ2n) is 8.17. The summed E-state index contributed by atoms with van der Waals surface area (Å²) in [5, 5.41) is 3.76. The second-order valence-corrected chi connectivity index (χ2v) is 8.17. The smallest absolute Gasteiger partial charge is 0.123 e. The first kappa shape index (κ1) is 16.7. The van der Waals surface area contributed by atoms with Crippen molar-refractivity contribution >= 4 is 0 Å². The first-order chi connectivity index (χ1) is 12.0. The van der Waals surface area contributed by atoms with Crippen molar-refractivity contribution in [1.82, 2.24) is 10.2 Å². The summed E-state index contributed by atoms with van der Waals surface area (Å²) in [5.41, 5.74) is 4.07. The van der Waals surface area contributed by atoms with Crippen molar-refractivity contribution in [2.45, 2.75) is 57.3 Å². The fourth-order valence-corrected chi connectivity index (χ4v) is 5.04. The molecule has 4 rings (SSSR count). The van der Waals surface area contributed by atoms with E-state index in [-0.39, 0.29) is 17.4 Å². The summed E-state index contributed by atoms with van der Waals surface area (Å²) in [6, 6.07) is 17.0. The number of hydrogen-bond donors (Lipinski definition) is 1. The average Bonchev–Trinajstić information content (AvgIpc) is 2.98. The predicted molar refractivity (Wildman–Crippen MR) is 100 cm³/mol. The van der Waals surface area contributed by atoms with E-state index in [4.69, 9.17) is 0 Å². The highest BCUT2D eigenvalue weighted by Gasteiger charge is 2.44. The van der Waals surface area contributed by atoms with E-state index in [0.717, 1.165) is 13.0 Å². The van der Waals surface area contributed by atoms with Gasteiger partial charge in [0.05, 0.1) is 6.04 Å². The molecule has 0 radical (unpaired) electrons. The molecule has 2 aromatic rings. The Morgan fingerprint density at radius 1 is 1.08 bits per heavy atom. The van der Waals surface area contributed by atoms with Gasteiger partial charge in [-0.2, -0.15) is 0 Å². The van der Waals surface area contributed by atoms with Gasteiger partial charge in [0.1, 0.15) is 5.82 Å². The second kappa shape index (κ2) is 6.22. The Labute approximate surface area is 150 Å². The molecule has 2 aliphatic rings. The first-order valence-corrected chi connectivity index (χ1v) is 9.32. The predicted octanol–water partition coefficient (Wildman–Crippen LogP) is 4.63. The van der Waals surface area contributed by atoms with Crippen LogP contribution < -0.4 is 5.32 Å². The number of piperazine rings is 1. The lowest BCUT2D eigenvalue weighted by Gasteiger charge is -2.52. The molecule has 1 saturated heterocycles. The molecule has 3 atom stereocenters. The van der Waals surface area contributed by atoms with Gasteiger partial charge in [0, 0.05) is 24.2 Å². The standard InChI is InChI=1S/C22H27FN2/c1-15-14-25(20-13-10-16-6-4-5-7-19(16)20)21(22(2,3)24-15)17-8-11-18(23)12-9-17/h4-9,11-12,15,20-21,24H,10,13-14H2,1-3H3/t15-,20?,21+/m1/s1. The van der Waals surface area contributed by atoms with Crippen molar-refractivity contribution in [2.75, 3.05) is 6.54 Å². The molecule has 1 N–H and O–H groups in total. The Morgan fingerprint density at radius 3 is 2.56 bits per heavy atom. The quantitative estimate of drug-likeness (QED) is 0.859. The van der Waals surface area contributed by atoms with Crippen LogP contribution in [-0.2, 0) is 6.42 Å². The third-order valence-corrected chi connectivity index (χ3v) is 5.81. The average molecular weight is 338 g/mol. The maximum absolute atomic E-state index is 13.5. The van der Waals surface area contributed by atoms with Gasteiger partial charge in [-0.15, -0.1) is 0 Å². The lowest BCUT2D eigenvalue weighted by Crippen LogP contribution is -2.62. The molecule has 132 valence electrons. The molecule has 25 heavy (non-hydrogen) atoms. The van der Waals surface area contributed by atoms with E-state index in [1.54, 1.807) is 12.1 Å². The third kappa shape index (κ3) is 3.00. The van der Waals surface area contributed by atoms with E-state index in [0.29, 0.717) is 12.1 Å². The molecular weight excluding hydrogens is 311 g/mol. The van der Waals surface area contributed by atoms with E-state index >= 15 is 0 Å². The van der Waals surface area contributed by atoms with Gasteiger partial charge >= 0.3 is 0 Å². The maximum atomic E-state index is 13.5. The normalized spacial score (nSPS) is 28.7. The number of nitrogens with one attached hydrogen (secondary N) is 1. The number of halogens is 1. The van der Waals surface area contributed by atoms with Gasteiger partial charge in [0.15, 0.2) is 0 Å². The van der Waals surface area contributed by atoms with Crippen molar-refractivity contribution in [3.05, 3.63) is 71.0 Å². The summed E-state index contributed by atoms with van der Waals surface area (Å²) in [6.45, 7) is 7.80. The van der Waals surface area contributed by atoms with Crippen LogP contribution in [0.15, 0.2) is 48.5 Å². The molecular formula is C22H27FN2.